The molecule has 0 aliphatic rings. The minimum absolute atomic E-state index is 0.0107. The molecule has 3 rings (SSSR count). The van der Waals surface area contributed by atoms with Gasteiger partial charge in [-0.1, -0.05) is 11.8 Å². The zero-order valence-electron chi connectivity index (χ0n) is 14.9. The fraction of sp³-hybridized carbons (Fsp3) is 0.294. The predicted octanol–water partition coefficient (Wildman–Crippen LogP) is 2.09. The first-order valence-corrected chi connectivity index (χ1v) is 10.7. The highest BCUT2D eigenvalue weighted by atomic mass is 32.2. The number of primary sulfonamides is 1. The maximum atomic E-state index is 12.3. The molecule has 2 heterocycles. The summed E-state index contributed by atoms with van der Waals surface area (Å²) in [6, 6.07) is 8.13. The molecule has 1 amide bonds. The molecular weight excluding hydrogens is 388 g/mol. The Morgan fingerprint density at radius 2 is 2.19 bits per heavy atom. The van der Waals surface area contributed by atoms with Crippen molar-refractivity contribution in [1.29, 1.82) is 0 Å². The van der Waals surface area contributed by atoms with Crippen LogP contribution in [0.25, 0.3) is 11.0 Å². The zero-order chi connectivity index (χ0) is 19.6. The molecule has 0 bridgehead atoms. The number of hydrogen-bond acceptors (Lipinski definition) is 6. The van der Waals surface area contributed by atoms with Gasteiger partial charge in [-0.15, -0.1) is 0 Å². The fourth-order valence-corrected chi connectivity index (χ4v) is 4.15. The average Bonchev–Trinajstić information content (AvgIpc) is 3.25. The Bertz CT molecular complexity index is 1060. The van der Waals surface area contributed by atoms with E-state index < -0.39 is 10.0 Å². The second kappa shape index (κ2) is 7.75. The van der Waals surface area contributed by atoms with Crippen LogP contribution in [0.5, 0.6) is 0 Å². The quantitative estimate of drug-likeness (QED) is 0.578. The Morgan fingerprint density at radius 3 is 2.81 bits per heavy atom. The number of hydrogen-bond donors (Lipinski definition) is 2. The van der Waals surface area contributed by atoms with Crippen molar-refractivity contribution in [2.24, 2.45) is 5.14 Å². The lowest BCUT2D eigenvalue weighted by Gasteiger charge is -2.12. The molecule has 1 aromatic carbocycles. The number of thioether (sulfide) groups is 1. The van der Waals surface area contributed by atoms with E-state index in [-0.39, 0.29) is 16.1 Å². The smallest absolute Gasteiger partial charge is 0.238 e. The third kappa shape index (κ3) is 4.34. The summed E-state index contributed by atoms with van der Waals surface area (Å²) in [4.78, 5) is 16.8. The summed E-state index contributed by atoms with van der Waals surface area (Å²) < 4.78 is 30.2. The molecule has 0 fully saturated rings. The van der Waals surface area contributed by atoms with Crippen molar-refractivity contribution in [2.75, 3.05) is 0 Å². The highest BCUT2D eigenvalue weighted by molar-refractivity contribution is 8.00. The van der Waals surface area contributed by atoms with Crippen molar-refractivity contribution >= 4 is 38.7 Å². The largest absolute Gasteiger partial charge is 0.467 e. The first-order valence-electron chi connectivity index (χ1n) is 8.29. The van der Waals surface area contributed by atoms with E-state index in [1.807, 2.05) is 11.5 Å². The van der Waals surface area contributed by atoms with Crippen LogP contribution in [-0.4, -0.2) is 29.1 Å². The van der Waals surface area contributed by atoms with Gasteiger partial charge in [0.2, 0.25) is 15.9 Å². The average molecular weight is 409 g/mol. The first-order chi connectivity index (χ1) is 12.8. The van der Waals surface area contributed by atoms with Gasteiger partial charge < -0.3 is 14.3 Å². The molecule has 0 spiro atoms. The Morgan fingerprint density at radius 1 is 1.41 bits per heavy atom. The molecule has 10 heteroatoms. The van der Waals surface area contributed by atoms with Crippen molar-refractivity contribution in [3.63, 3.8) is 0 Å². The normalized spacial score (nSPS) is 13.0. The molecule has 144 valence electrons. The van der Waals surface area contributed by atoms with Gasteiger partial charge in [-0.3, -0.25) is 4.79 Å². The van der Waals surface area contributed by atoms with E-state index >= 15 is 0 Å². The second-order valence-corrected chi connectivity index (χ2v) is 8.76. The molecule has 0 saturated heterocycles. The van der Waals surface area contributed by atoms with Gasteiger partial charge in [-0.25, -0.2) is 18.5 Å². The minimum Gasteiger partial charge on any atom is -0.467 e. The van der Waals surface area contributed by atoms with Crippen LogP contribution in [0.3, 0.4) is 0 Å². The first kappa shape index (κ1) is 19.5. The maximum absolute atomic E-state index is 12.3. The summed E-state index contributed by atoms with van der Waals surface area (Å²) >= 11 is 1.31. The van der Waals surface area contributed by atoms with Crippen LogP contribution < -0.4 is 10.5 Å². The molecule has 8 nitrogen and oxygen atoms in total. The maximum Gasteiger partial charge on any atom is 0.238 e. The van der Waals surface area contributed by atoms with Gasteiger partial charge in [0.25, 0.3) is 0 Å². The van der Waals surface area contributed by atoms with Gasteiger partial charge in [-0.05, 0) is 44.2 Å². The molecule has 3 N–H and O–H groups in total. The Hall–Kier alpha value is -2.30. The number of rotatable bonds is 7. The molecule has 3 aromatic rings. The summed E-state index contributed by atoms with van der Waals surface area (Å²) in [7, 11) is -3.80. The van der Waals surface area contributed by atoms with Gasteiger partial charge in [0.1, 0.15) is 5.76 Å². The van der Waals surface area contributed by atoms with Crippen LogP contribution in [-0.2, 0) is 27.9 Å². The second-order valence-electron chi connectivity index (χ2n) is 5.89. The summed E-state index contributed by atoms with van der Waals surface area (Å²) in [5.41, 5.74) is 1.31. The van der Waals surface area contributed by atoms with Crippen LogP contribution in [0.15, 0.2) is 51.1 Å². The van der Waals surface area contributed by atoms with Gasteiger partial charge in [-0.2, -0.15) is 0 Å². The molecular formula is C17H20N4O4S2. The number of imidazole rings is 1. The zero-order valence-corrected chi connectivity index (χ0v) is 16.5. The number of benzene rings is 1. The third-order valence-corrected chi connectivity index (χ3v) is 6.00. The number of nitrogens with zero attached hydrogens (tertiary/aromatic N) is 2. The van der Waals surface area contributed by atoms with Crippen molar-refractivity contribution < 1.29 is 17.6 Å². The summed E-state index contributed by atoms with van der Waals surface area (Å²) in [6.07, 6.45) is 1.55. The van der Waals surface area contributed by atoms with Gasteiger partial charge in [0.15, 0.2) is 5.16 Å². The number of carbonyl (C=O) groups is 1. The highest BCUT2D eigenvalue weighted by Crippen LogP contribution is 2.28. The van der Waals surface area contributed by atoms with E-state index in [4.69, 9.17) is 9.56 Å². The van der Waals surface area contributed by atoms with Crippen LogP contribution >= 0.6 is 11.8 Å². The SMILES string of the molecule is CCn1c(S[C@H](C)C(=O)NCc2ccco2)nc2cc(S(N)(=O)=O)ccc21. The fourth-order valence-electron chi connectivity index (χ4n) is 2.60. The van der Waals surface area contributed by atoms with Crippen LogP contribution in [0.4, 0.5) is 0 Å². The molecule has 0 aliphatic heterocycles. The lowest BCUT2D eigenvalue weighted by Crippen LogP contribution is -2.30. The van der Waals surface area contributed by atoms with E-state index in [1.165, 1.54) is 23.9 Å². The predicted molar refractivity (Wildman–Crippen MR) is 103 cm³/mol. The Balaban J connectivity index is 1.79. The number of furan rings is 1. The van der Waals surface area contributed by atoms with Crippen molar-refractivity contribution in [1.82, 2.24) is 14.9 Å². The molecule has 0 saturated carbocycles. The van der Waals surface area contributed by atoms with Crippen molar-refractivity contribution in [3.05, 3.63) is 42.4 Å². The van der Waals surface area contributed by atoms with E-state index in [1.54, 1.807) is 31.4 Å². The number of sulfonamides is 1. The number of amides is 1. The van der Waals surface area contributed by atoms with Crippen molar-refractivity contribution in [2.45, 2.75) is 42.2 Å². The van der Waals surface area contributed by atoms with Crippen LogP contribution in [0, 0.1) is 0 Å². The van der Waals surface area contributed by atoms with E-state index in [9.17, 15) is 13.2 Å². The molecule has 0 radical (unpaired) electrons. The summed E-state index contributed by atoms with van der Waals surface area (Å²) in [5, 5.41) is 8.26. The van der Waals surface area contributed by atoms with Crippen LogP contribution in [0.2, 0.25) is 0 Å². The van der Waals surface area contributed by atoms with Crippen LogP contribution in [0.1, 0.15) is 19.6 Å². The van der Waals surface area contributed by atoms with Gasteiger partial charge >= 0.3 is 0 Å². The molecule has 0 unspecified atom stereocenters. The lowest BCUT2D eigenvalue weighted by atomic mass is 10.3. The number of nitrogens with two attached hydrogens (primary N) is 1. The van der Waals surface area contributed by atoms with Gasteiger partial charge in [0.05, 0.1) is 34.0 Å². The third-order valence-electron chi connectivity index (χ3n) is 4.00. The number of carbonyl (C=O) groups excluding carboxylic acids is 1. The standard InChI is InChI=1S/C17H20N4O4S2/c1-3-21-15-7-6-13(27(18,23)24)9-14(15)20-17(21)26-11(2)16(22)19-10-12-5-4-8-25-12/h4-9,11H,3,10H2,1-2H3,(H,19,22)(H2,18,23,24)/t11-/m1/s1. The number of nitrogens with one attached hydrogen (secondary N) is 1. The Labute approximate surface area is 161 Å². The minimum atomic E-state index is -3.80. The van der Waals surface area contributed by atoms with Gasteiger partial charge in [0, 0.05) is 6.54 Å². The number of aryl methyl sites for hydroxylation is 1. The monoisotopic (exact) mass is 408 g/mol. The lowest BCUT2D eigenvalue weighted by molar-refractivity contribution is -0.120. The molecule has 27 heavy (non-hydrogen) atoms. The van der Waals surface area contributed by atoms with Crippen molar-refractivity contribution in [3.8, 4) is 0 Å². The number of aromatic nitrogens is 2. The highest BCUT2D eigenvalue weighted by Gasteiger charge is 2.20. The molecule has 1 atom stereocenters. The topological polar surface area (TPSA) is 120 Å². The van der Waals surface area contributed by atoms with E-state index in [0.717, 1.165) is 5.52 Å². The summed E-state index contributed by atoms with van der Waals surface area (Å²) in [6.45, 7) is 4.70. The summed E-state index contributed by atoms with van der Waals surface area (Å²) in [5.74, 6) is 0.535. The molecule has 2 aromatic heterocycles. The molecule has 0 aliphatic carbocycles. The van der Waals surface area contributed by atoms with E-state index in [0.29, 0.717) is 29.5 Å². The van der Waals surface area contributed by atoms with E-state index in [2.05, 4.69) is 10.3 Å². The number of fused-ring (bicyclic) bond motifs is 1. The Kier molecular flexibility index (Phi) is 5.59.